The molecule has 0 heterocycles. The second-order valence-electron chi connectivity index (χ2n) is 6.61. The van der Waals surface area contributed by atoms with Crippen LogP contribution >= 0.6 is 15.9 Å². The number of carbonyl (C=O) groups is 2. The van der Waals surface area contributed by atoms with Gasteiger partial charge in [-0.3, -0.25) is 14.3 Å². The number of anilines is 1. The second-order valence-corrected chi connectivity index (χ2v) is 9.36. The van der Waals surface area contributed by atoms with E-state index in [-0.39, 0.29) is 23.5 Å². The highest BCUT2D eigenvalue weighted by Gasteiger charge is 2.22. The molecule has 7 nitrogen and oxygen atoms in total. The first kappa shape index (κ1) is 24.6. The Morgan fingerprint density at radius 2 is 1.75 bits per heavy atom. The van der Waals surface area contributed by atoms with Crippen molar-refractivity contribution in [2.24, 2.45) is 5.73 Å². The Hall–Kier alpha value is -1.45. The molecule has 0 fully saturated rings. The van der Waals surface area contributed by atoms with Crippen LogP contribution in [0.1, 0.15) is 62.2 Å². The van der Waals surface area contributed by atoms with Crippen LogP contribution in [0.25, 0.3) is 0 Å². The summed E-state index contributed by atoms with van der Waals surface area (Å²) < 4.78 is 27.8. The van der Waals surface area contributed by atoms with Gasteiger partial charge in [-0.15, -0.1) is 0 Å². The number of nitrogens with two attached hydrogens (primary N) is 1. The lowest BCUT2D eigenvalue weighted by Crippen LogP contribution is -2.33. The van der Waals surface area contributed by atoms with Crippen LogP contribution < -0.4 is 15.8 Å². The first-order chi connectivity index (χ1) is 13.3. The number of amides is 1. The van der Waals surface area contributed by atoms with Crippen LogP contribution in [0.2, 0.25) is 0 Å². The number of carbonyl (C=O) groups excluding carboxylic acids is 2. The molecule has 1 rings (SSSR count). The number of nitrogens with one attached hydrogen (secondary N) is 2. The highest BCUT2D eigenvalue weighted by molar-refractivity contribution is 9.10. The van der Waals surface area contributed by atoms with E-state index in [9.17, 15) is 18.0 Å². The summed E-state index contributed by atoms with van der Waals surface area (Å²) in [5.41, 5.74) is 5.48. The van der Waals surface area contributed by atoms with Crippen LogP contribution in [-0.2, 0) is 14.8 Å². The van der Waals surface area contributed by atoms with E-state index < -0.39 is 21.7 Å². The van der Waals surface area contributed by atoms with E-state index in [1.54, 1.807) is 6.07 Å². The number of benzene rings is 1. The molecule has 0 saturated carbocycles. The third-order valence-corrected chi connectivity index (χ3v) is 5.98. The lowest BCUT2D eigenvalue weighted by atomic mass is 10.1. The first-order valence-electron chi connectivity index (χ1n) is 9.63. The van der Waals surface area contributed by atoms with Crippen LogP contribution in [0.5, 0.6) is 0 Å². The van der Waals surface area contributed by atoms with Crippen molar-refractivity contribution in [1.29, 1.82) is 0 Å². The van der Waals surface area contributed by atoms with Crippen molar-refractivity contribution in [3.63, 3.8) is 0 Å². The monoisotopic (exact) mass is 475 g/mol. The molecule has 158 valence electrons. The predicted octanol–water partition coefficient (Wildman–Crippen LogP) is 3.20. The minimum atomic E-state index is -3.61. The van der Waals surface area contributed by atoms with Crippen molar-refractivity contribution >= 4 is 43.3 Å². The van der Waals surface area contributed by atoms with Crippen molar-refractivity contribution in [3.05, 3.63) is 28.2 Å². The molecule has 1 aromatic rings. The lowest BCUT2D eigenvalue weighted by molar-refractivity contribution is -0.117. The van der Waals surface area contributed by atoms with Gasteiger partial charge in [0.15, 0.2) is 0 Å². The van der Waals surface area contributed by atoms with E-state index in [1.807, 2.05) is 0 Å². The van der Waals surface area contributed by atoms with Gasteiger partial charge in [0.05, 0.1) is 17.0 Å². The van der Waals surface area contributed by atoms with E-state index >= 15 is 0 Å². The number of sulfonamides is 1. The molecule has 0 aliphatic rings. The Bertz CT molecular complexity index is 754. The molecule has 0 aromatic heterocycles. The van der Waals surface area contributed by atoms with Crippen LogP contribution in [0.4, 0.5) is 5.69 Å². The SMILES string of the molecule is CCCCCCCCS(=O)(=O)Nc1ccc(Br)cc1C(=O)C(=O)NCCCN. The van der Waals surface area contributed by atoms with Gasteiger partial charge in [-0.1, -0.05) is 55.0 Å². The van der Waals surface area contributed by atoms with Crippen molar-refractivity contribution in [2.45, 2.75) is 51.9 Å². The summed E-state index contributed by atoms with van der Waals surface area (Å²) in [5, 5.41) is 2.49. The smallest absolute Gasteiger partial charge is 0.292 e. The molecule has 0 atom stereocenters. The minimum Gasteiger partial charge on any atom is -0.349 e. The van der Waals surface area contributed by atoms with E-state index in [0.29, 0.717) is 23.9 Å². The van der Waals surface area contributed by atoms with Crippen LogP contribution in [0.15, 0.2) is 22.7 Å². The van der Waals surface area contributed by atoms with Crippen LogP contribution in [0, 0.1) is 0 Å². The largest absolute Gasteiger partial charge is 0.349 e. The van der Waals surface area contributed by atoms with Gasteiger partial charge < -0.3 is 11.1 Å². The Morgan fingerprint density at radius 1 is 1.07 bits per heavy atom. The molecule has 1 aromatic carbocycles. The van der Waals surface area contributed by atoms with E-state index in [4.69, 9.17) is 5.73 Å². The van der Waals surface area contributed by atoms with Crippen molar-refractivity contribution in [2.75, 3.05) is 23.6 Å². The molecule has 0 aliphatic carbocycles. The zero-order valence-electron chi connectivity index (χ0n) is 16.3. The Balaban J connectivity index is 2.77. The fourth-order valence-corrected chi connectivity index (χ4v) is 4.15. The molecule has 0 unspecified atom stereocenters. The summed E-state index contributed by atoms with van der Waals surface area (Å²) >= 11 is 3.25. The number of Topliss-reactive ketones (excluding diaryl/α,β-unsaturated/α-hetero) is 1. The summed E-state index contributed by atoms with van der Waals surface area (Å²) in [6.07, 6.45) is 6.36. The Morgan fingerprint density at radius 3 is 2.43 bits per heavy atom. The maximum atomic E-state index is 12.5. The van der Waals surface area contributed by atoms with E-state index in [1.165, 1.54) is 12.1 Å². The fourth-order valence-electron chi connectivity index (χ4n) is 2.59. The number of hydrogen-bond donors (Lipinski definition) is 3. The van der Waals surface area contributed by atoms with Gasteiger partial charge >= 0.3 is 0 Å². The Labute approximate surface area is 176 Å². The molecule has 0 radical (unpaired) electrons. The summed E-state index contributed by atoms with van der Waals surface area (Å²) in [6, 6.07) is 4.53. The topological polar surface area (TPSA) is 118 Å². The first-order valence-corrected chi connectivity index (χ1v) is 12.1. The van der Waals surface area contributed by atoms with Crippen molar-refractivity contribution < 1.29 is 18.0 Å². The van der Waals surface area contributed by atoms with Gasteiger partial charge in [-0.25, -0.2) is 8.42 Å². The number of rotatable bonds is 14. The van der Waals surface area contributed by atoms with Gasteiger partial charge in [-0.05, 0) is 37.6 Å². The maximum Gasteiger partial charge on any atom is 0.292 e. The number of unbranched alkanes of at least 4 members (excludes halogenated alkanes) is 5. The number of ketones is 1. The van der Waals surface area contributed by atoms with E-state index in [0.717, 1.165) is 32.1 Å². The highest BCUT2D eigenvalue weighted by Crippen LogP contribution is 2.23. The average Bonchev–Trinajstić information content (AvgIpc) is 2.65. The molecule has 28 heavy (non-hydrogen) atoms. The molecular weight excluding hydrogens is 446 g/mol. The molecule has 9 heteroatoms. The van der Waals surface area contributed by atoms with Crippen LogP contribution in [0.3, 0.4) is 0 Å². The summed E-state index contributed by atoms with van der Waals surface area (Å²) in [4.78, 5) is 24.5. The molecule has 4 N–H and O–H groups in total. The van der Waals surface area contributed by atoms with Crippen molar-refractivity contribution in [3.8, 4) is 0 Å². The normalized spacial score (nSPS) is 11.2. The number of hydrogen-bond acceptors (Lipinski definition) is 5. The standard InChI is InChI=1S/C19H30BrN3O4S/c1-2-3-4-5-6-7-13-28(26,27)23-17-10-9-15(20)14-16(17)18(24)19(25)22-12-8-11-21/h9-10,14,23H,2-8,11-13,21H2,1H3,(H,22,25). The van der Waals surface area contributed by atoms with Gasteiger partial charge in [0.1, 0.15) is 0 Å². The summed E-state index contributed by atoms with van der Waals surface area (Å²) in [5.74, 6) is -1.61. The zero-order valence-corrected chi connectivity index (χ0v) is 18.7. The minimum absolute atomic E-state index is 0.00569. The quantitative estimate of drug-likeness (QED) is 0.217. The molecule has 0 aliphatic heterocycles. The maximum absolute atomic E-state index is 12.5. The molecule has 1 amide bonds. The molecule has 0 spiro atoms. The molecular formula is C19H30BrN3O4S. The molecule has 0 saturated heterocycles. The van der Waals surface area contributed by atoms with Crippen molar-refractivity contribution in [1.82, 2.24) is 5.32 Å². The lowest BCUT2D eigenvalue weighted by Gasteiger charge is -2.13. The average molecular weight is 476 g/mol. The second kappa shape index (κ2) is 12.9. The third kappa shape index (κ3) is 9.16. The fraction of sp³-hybridized carbons (Fsp3) is 0.579. The summed E-state index contributed by atoms with van der Waals surface area (Å²) in [7, 11) is -3.61. The highest BCUT2D eigenvalue weighted by atomic mass is 79.9. The number of halogens is 1. The van der Waals surface area contributed by atoms with E-state index in [2.05, 4.69) is 32.9 Å². The summed E-state index contributed by atoms with van der Waals surface area (Å²) in [6.45, 7) is 2.81. The third-order valence-electron chi connectivity index (χ3n) is 4.13. The zero-order chi connectivity index (χ0) is 21.0. The Kier molecular flexibility index (Phi) is 11.3. The van der Waals surface area contributed by atoms with Gasteiger partial charge in [0, 0.05) is 11.0 Å². The molecule has 0 bridgehead atoms. The predicted molar refractivity (Wildman–Crippen MR) is 116 cm³/mol. The van der Waals surface area contributed by atoms with Crippen LogP contribution in [-0.4, -0.2) is 39.0 Å². The van der Waals surface area contributed by atoms with Gasteiger partial charge in [-0.2, -0.15) is 0 Å². The van der Waals surface area contributed by atoms with Gasteiger partial charge in [0.25, 0.3) is 11.7 Å². The van der Waals surface area contributed by atoms with Gasteiger partial charge in [0.2, 0.25) is 10.0 Å².